The van der Waals surface area contributed by atoms with E-state index in [2.05, 4.69) is 0 Å². The first-order valence-electron chi connectivity index (χ1n) is 8.79. The molecule has 1 aliphatic rings. The van der Waals surface area contributed by atoms with Gasteiger partial charge in [-0.15, -0.1) is 11.6 Å². The summed E-state index contributed by atoms with van der Waals surface area (Å²) in [5.74, 6) is 0.402. The van der Waals surface area contributed by atoms with Crippen molar-refractivity contribution in [1.29, 1.82) is 0 Å². The number of aliphatic hydroxyl groups excluding tert-OH is 1. The number of hydrogen-bond donors (Lipinski definition) is 2. The number of aliphatic hydroxyl groups is 1. The molecule has 2 N–H and O–H groups in total. The largest absolute Gasteiger partial charge is 0.493 e. The molecule has 1 fully saturated rings. The van der Waals surface area contributed by atoms with E-state index >= 15 is 0 Å². The molecule has 24 heavy (non-hydrogen) atoms. The number of aliphatic carboxylic acids is 1. The van der Waals surface area contributed by atoms with Gasteiger partial charge in [-0.05, 0) is 37.3 Å². The summed E-state index contributed by atoms with van der Waals surface area (Å²) in [5, 5.41) is 18.9. The van der Waals surface area contributed by atoms with Crippen molar-refractivity contribution >= 4 is 17.6 Å². The highest BCUT2D eigenvalue weighted by molar-refractivity contribution is 6.21. The van der Waals surface area contributed by atoms with Crippen molar-refractivity contribution in [3.8, 4) is 5.75 Å². The van der Waals surface area contributed by atoms with Gasteiger partial charge in [0.2, 0.25) is 0 Å². The molecule has 2 rings (SSSR count). The zero-order valence-electron chi connectivity index (χ0n) is 13.9. The van der Waals surface area contributed by atoms with Gasteiger partial charge in [-0.25, -0.2) is 0 Å². The summed E-state index contributed by atoms with van der Waals surface area (Å²) in [6, 6.07) is 9.63. The molecule has 1 aliphatic carbocycles. The van der Waals surface area contributed by atoms with Crippen LogP contribution in [0.1, 0.15) is 44.9 Å². The number of carboxylic acids is 1. The Hall–Kier alpha value is -1.26. The molecule has 1 aromatic carbocycles. The van der Waals surface area contributed by atoms with Crippen molar-refractivity contribution < 1.29 is 19.7 Å². The third kappa shape index (κ3) is 5.99. The van der Waals surface area contributed by atoms with E-state index in [1.165, 1.54) is 0 Å². The van der Waals surface area contributed by atoms with E-state index in [4.69, 9.17) is 21.4 Å². The van der Waals surface area contributed by atoms with Crippen LogP contribution in [-0.4, -0.2) is 34.3 Å². The minimum Gasteiger partial charge on any atom is -0.493 e. The third-order valence-electron chi connectivity index (χ3n) is 4.84. The predicted molar refractivity (Wildman–Crippen MR) is 94.5 cm³/mol. The lowest BCUT2D eigenvalue weighted by Gasteiger charge is -2.23. The average molecular weight is 355 g/mol. The van der Waals surface area contributed by atoms with Crippen LogP contribution < -0.4 is 4.74 Å². The molecule has 4 nitrogen and oxygen atoms in total. The zero-order valence-corrected chi connectivity index (χ0v) is 14.7. The van der Waals surface area contributed by atoms with Gasteiger partial charge in [-0.3, -0.25) is 4.79 Å². The van der Waals surface area contributed by atoms with Gasteiger partial charge < -0.3 is 14.9 Å². The van der Waals surface area contributed by atoms with Crippen molar-refractivity contribution in [3.05, 3.63) is 30.3 Å². The lowest BCUT2D eigenvalue weighted by molar-refractivity contribution is -0.137. The molecule has 0 bridgehead atoms. The van der Waals surface area contributed by atoms with Gasteiger partial charge >= 0.3 is 5.97 Å². The Kier molecular flexibility index (Phi) is 7.86. The number of ether oxygens (including phenoxy) is 1. The second-order valence-electron chi connectivity index (χ2n) is 6.62. The molecule has 0 unspecified atom stereocenters. The molecular formula is C19H27ClO4. The molecule has 0 amide bonds. The molecular weight excluding hydrogens is 328 g/mol. The topological polar surface area (TPSA) is 66.8 Å². The van der Waals surface area contributed by atoms with E-state index in [-0.39, 0.29) is 23.6 Å². The van der Waals surface area contributed by atoms with E-state index < -0.39 is 12.1 Å². The number of halogens is 1. The van der Waals surface area contributed by atoms with Crippen molar-refractivity contribution in [2.24, 2.45) is 11.8 Å². The first kappa shape index (κ1) is 19.1. The highest BCUT2D eigenvalue weighted by atomic mass is 35.5. The van der Waals surface area contributed by atoms with Crippen molar-refractivity contribution in [1.82, 2.24) is 0 Å². The summed E-state index contributed by atoms with van der Waals surface area (Å²) in [5.41, 5.74) is 0. The van der Waals surface area contributed by atoms with Crippen molar-refractivity contribution in [2.45, 2.75) is 56.4 Å². The van der Waals surface area contributed by atoms with Crippen LogP contribution in [0.2, 0.25) is 0 Å². The molecule has 0 spiro atoms. The van der Waals surface area contributed by atoms with E-state index in [1.807, 2.05) is 30.3 Å². The molecule has 0 radical (unpaired) electrons. The number of rotatable bonds is 10. The van der Waals surface area contributed by atoms with E-state index in [0.29, 0.717) is 13.0 Å². The molecule has 0 heterocycles. The quantitative estimate of drug-likeness (QED) is 0.490. The van der Waals surface area contributed by atoms with E-state index in [0.717, 1.165) is 37.9 Å². The Balaban J connectivity index is 1.75. The Morgan fingerprint density at radius 1 is 1.12 bits per heavy atom. The molecule has 1 saturated carbocycles. The Bertz CT molecular complexity index is 493. The summed E-state index contributed by atoms with van der Waals surface area (Å²) in [7, 11) is 0. The fourth-order valence-electron chi connectivity index (χ4n) is 3.48. The molecule has 134 valence electrons. The maximum atomic E-state index is 10.5. The molecule has 1 aromatic rings. The van der Waals surface area contributed by atoms with Crippen molar-refractivity contribution in [2.75, 3.05) is 6.61 Å². The lowest BCUT2D eigenvalue weighted by Crippen LogP contribution is -2.27. The minimum absolute atomic E-state index is 0.0107. The predicted octanol–water partition coefficient (Wildman–Crippen LogP) is 4.10. The summed E-state index contributed by atoms with van der Waals surface area (Å²) in [6.07, 6.45) is 5.10. The maximum absolute atomic E-state index is 10.5. The molecule has 0 saturated heterocycles. The standard InChI is InChI=1S/C19H27ClO4/c20-17-12-18(21)16(13-24-14-8-4-3-5-9-14)15(17)10-6-1-2-7-11-19(22)23/h3-5,8-9,15-18,21H,1-2,6-7,10-13H2,(H,22,23)/t15-,16-,17-,18-/m1/s1. The van der Waals surface area contributed by atoms with Crippen LogP contribution in [0.5, 0.6) is 5.75 Å². The van der Waals surface area contributed by atoms with Crippen LogP contribution in [0.25, 0.3) is 0 Å². The van der Waals surface area contributed by atoms with Gasteiger partial charge in [0.25, 0.3) is 0 Å². The zero-order chi connectivity index (χ0) is 17.4. The van der Waals surface area contributed by atoms with Crippen LogP contribution in [0.3, 0.4) is 0 Å². The van der Waals surface area contributed by atoms with Gasteiger partial charge in [0.05, 0.1) is 12.7 Å². The highest BCUT2D eigenvalue weighted by Gasteiger charge is 2.41. The second kappa shape index (κ2) is 9.90. The summed E-state index contributed by atoms with van der Waals surface area (Å²) >= 11 is 6.44. The Morgan fingerprint density at radius 3 is 2.54 bits per heavy atom. The fraction of sp³-hybridized carbons (Fsp3) is 0.632. The number of benzene rings is 1. The normalized spacial score (nSPS) is 26.4. The van der Waals surface area contributed by atoms with Gasteiger partial charge in [0, 0.05) is 17.7 Å². The molecule has 4 atom stereocenters. The van der Waals surface area contributed by atoms with E-state index in [1.54, 1.807) is 0 Å². The highest BCUT2D eigenvalue weighted by Crippen LogP contribution is 2.39. The minimum atomic E-state index is -0.729. The van der Waals surface area contributed by atoms with Crippen LogP contribution in [0, 0.1) is 11.8 Å². The fourth-order valence-corrected chi connectivity index (χ4v) is 3.98. The number of carboxylic acid groups (broad SMARTS) is 1. The Morgan fingerprint density at radius 2 is 1.83 bits per heavy atom. The second-order valence-corrected chi connectivity index (χ2v) is 7.18. The first-order valence-corrected chi connectivity index (χ1v) is 9.23. The summed E-state index contributed by atoms with van der Waals surface area (Å²) in [6.45, 7) is 0.484. The Labute approximate surface area is 148 Å². The molecule has 0 aliphatic heterocycles. The molecule has 0 aromatic heterocycles. The summed E-state index contributed by atoms with van der Waals surface area (Å²) in [4.78, 5) is 10.5. The lowest BCUT2D eigenvalue weighted by atomic mass is 9.90. The number of unbranched alkanes of at least 4 members (excludes halogenated alkanes) is 3. The van der Waals surface area contributed by atoms with Crippen LogP contribution in [0.4, 0.5) is 0 Å². The van der Waals surface area contributed by atoms with Gasteiger partial charge in [-0.1, -0.05) is 37.5 Å². The first-order chi connectivity index (χ1) is 11.6. The monoisotopic (exact) mass is 354 g/mol. The average Bonchev–Trinajstić information content (AvgIpc) is 2.83. The smallest absolute Gasteiger partial charge is 0.303 e. The van der Waals surface area contributed by atoms with Gasteiger partial charge in [-0.2, -0.15) is 0 Å². The van der Waals surface area contributed by atoms with Crippen LogP contribution in [0.15, 0.2) is 30.3 Å². The SMILES string of the molecule is O=C(O)CCCCCC[C@@H]1[C@@H](COc2ccccc2)[C@H](O)C[C@H]1Cl. The van der Waals surface area contributed by atoms with Crippen molar-refractivity contribution in [3.63, 3.8) is 0 Å². The number of hydrogen-bond acceptors (Lipinski definition) is 3. The molecule has 5 heteroatoms. The van der Waals surface area contributed by atoms with Gasteiger partial charge in [0.15, 0.2) is 0 Å². The number of carbonyl (C=O) groups is 1. The van der Waals surface area contributed by atoms with Crippen LogP contribution >= 0.6 is 11.6 Å². The maximum Gasteiger partial charge on any atom is 0.303 e. The number of para-hydroxylation sites is 1. The van der Waals surface area contributed by atoms with Crippen LogP contribution in [-0.2, 0) is 4.79 Å². The van der Waals surface area contributed by atoms with E-state index in [9.17, 15) is 9.90 Å². The summed E-state index contributed by atoms with van der Waals surface area (Å²) < 4.78 is 5.83. The number of alkyl halides is 1. The van der Waals surface area contributed by atoms with Gasteiger partial charge in [0.1, 0.15) is 5.75 Å². The third-order valence-corrected chi connectivity index (χ3v) is 5.34.